The lowest BCUT2D eigenvalue weighted by Crippen LogP contribution is -2.24. The molecule has 2 aromatic rings. The van der Waals surface area contributed by atoms with Gasteiger partial charge in [0.1, 0.15) is 0 Å². The van der Waals surface area contributed by atoms with Crippen molar-refractivity contribution in [2.45, 2.75) is 63.3 Å². The van der Waals surface area contributed by atoms with Crippen LogP contribution in [0.5, 0.6) is 0 Å². The van der Waals surface area contributed by atoms with Crippen LogP contribution in [0.2, 0.25) is 0 Å². The number of hydrogen-bond acceptors (Lipinski definition) is 1. The van der Waals surface area contributed by atoms with Crippen molar-refractivity contribution in [1.29, 1.82) is 0 Å². The van der Waals surface area contributed by atoms with E-state index in [0.717, 1.165) is 25.6 Å². The van der Waals surface area contributed by atoms with Crippen LogP contribution in [-0.4, -0.2) is 23.4 Å². The Bertz CT molecular complexity index is 629. The number of aryl methyl sites for hydroxylation is 1. The highest BCUT2D eigenvalue weighted by Gasteiger charge is 2.20. The minimum atomic E-state index is 0.405. The van der Waals surface area contributed by atoms with Crippen LogP contribution in [0, 0.1) is 0 Å². The molecule has 0 radical (unpaired) electrons. The quantitative estimate of drug-likeness (QED) is 0.486. The van der Waals surface area contributed by atoms with E-state index in [-0.39, 0.29) is 0 Å². The van der Waals surface area contributed by atoms with E-state index in [4.69, 9.17) is 11.6 Å². The largest absolute Gasteiger partial charge is 0.299 e. The van der Waals surface area contributed by atoms with Gasteiger partial charge in [-0.15, -0.1) is 11.6 Å². The molecule has 1 aliphatic rings. The van der Waals surface area contributed by atoms with Crippen LogP contribution < -0.4 is 0 Å². The Morgan fingerprint density at radius 1 is 0.885 bits per heavy atom. The van der Waals surface area contributed by atoms with Crippen LogP contribution in [0.15, 0.2) is 54.6 Å². The lowest BCUT2D eigenvalue weighted by molar-refractivity contribution is 0.276. The first-order valence-corrected chi connectivity index (χ1v) is 10.7. The zero-order valence-corrected chi connectivity index (χ0v) is 16.8. The van der Waals surface area contributed by atoms with E-state index in [2.05, 4.69) is 66.4 Å². The van der Waals surface area contributed by atoms with Gasteiger partial charge < -0.3 is 0 Å². The van der Waals surface area contributed by atoms with E-state index in [1.807, 2.05) is 0 Å². The molecular weight excluding hydrogens is 338 g/mol. The third-order valence-electron chi connectivity index (χ3n) is 5.74. The molecule has 140 valence electrons. The summed E-state index contributed by atoms with van der Waals surface area (Å²) in [4.78, 5) is 2.54. The Kier molecular flexibility index (Phi) is 7.58. The number of alkyl halides is 1. The first kappa shape index (κ1) is 19.5. The van der Waals surface area contributed by atoms with Crippen molar-refractivity contribution in [1.82, 2.24) is 4.90 Å². The van der Waals surface area contributed by atoms with Gasteiger partial charge in [-0.1, -0.05) is 61.5 Å². The van der Waals surface area contributed by atoms with Crippen LogP contribution in [0.3, 0.4) is 0 Å². The summed E-state index contributed by atoms with van der Waals surface area (Å²) in [5.41, 5.74) is 4.39. The van der Waals surface area contributed by atoms with E-state index in [0.29, 0.717) is 5.38 Å². The van der Waals surface area contributed by atoms with Crippen molar-refractivity contribution in [2.24, 2.45) is 0 Å². The molecule has 2 aromatic carbocycles. The van der Waals surface area contributed by atoms with E-state index < -0.39 is 0 Å². The van der Waals surface area contributed by atoms with Crippen molar-refractivity contribution in [2.75, 3.05) is 13.1 Å². The lowest BCUT2D eigenvalue weighted by Gasteiger charge is -2.25. The Balaban J connectivity index is 1.44. The molecule has 0 N–H and O–H groups in total. The molecule has 1 aliphatic carbocycles. The second-order valence-corrected chi connectivity index (χ2v) is 8.27. The Morgan fingerprint density at radius 3 is 2.23 bits per heavy atom. The van der Waals surface area contributed by atoms with Crippen LogP contribution in [0.25, 0.3) is 0 Å². The van der Waals surface area contributed by atoms with Crippen LogP contribution in [-0.2, 0) is 13.0 Å². The summed E-state index contributed by atoms with van der Waals surface area (Å²) in [6.45, 7) is 5.58. The van der Waals surface area contributed by atoms with E-state index in [9.17, 15) is 0 Å². The second-order valence-electron chi connectivity index (χ2n) is 7.65. The maximum atomic E-state index is 6.24. The molecule has 0 saturated heterocycles. The van der Waals surface area contributed by atoms with E-state index in [1.165, 1.54) is 55.2 Å². The zero-order valence-electron chi connectivity index (χ0n) is 16.0. The van der Waals surface area contributed by atoms with Crippen LogP contribution in [0.4, 0.5) is 0 Å². The van der Waals surface area contributed by atoms with Gasteiger partial charge in [0.25, 0.3) is 0 Å². The molecule has 0 aliphatic heterocycles. The van der Waals surface area contributed by atoms with Crippen molar-refractivity contribution in [3.05, 3.63) is 71.3 Å². The normalized spacial score (nSPS) is 20.4. The van der Waals surface area contributed by atoms with Crippen molar-refractivity contribution < 1.29 is 0 Å². The molecule has 0 amide bonds. The first-order chi connectivity index (χ1) is 12.7. The van der Waals surface area contributed by atoms with Gasteiger partial charge in [-0.2, -0.15) is 0 Å². The second kappa shape index (κ2) is 10.1. The number of rotatable bonds is 8. The fourth-order valence-corrected chi connectivity index (χ4v) is 4.29. The SMILES string of the molecule is CCN(CCCc1ccc(C2CCC(Cl)CC2)cc1)Cc1ccccc1. The maximum Gasteiger partial charge on any atom is 0.0336 e. The fourth-order valence-electron chi connectivity index (χ4n) is 4.04. The molecule has 26 heavy (non-hydrogen) atoms. The van der Waals surface area contributed by atoms with Crippen molar-refractivity contribution in [3.8, 4) is 0 Å². The molecule has 3 rings (SSSR count). The first-order valence-electron chi connectivity index (χ1n) is 10.2. The van der Waals surface area contributed by atoms with Crippen molar-refractivity contribution >= 4 is 11.6 Å². The molecule has 1 nitrogen and oxygen atoms in total. The van der Waals surface area contributed by atoms with Gasteiger partial charge in [0, 0.05) is 11.9 Å². The molecule has 2 heteroatoms. The highest BCUT2D eigenvalue weighted by Crippen LogP contribution is 2.34. The van der Waals surface area contributed by atoms with Gasteiger partial charge in [0.2, 0.25) is 0 Å². The molecule has 0 spiro atoms. The summed E-state index contributed by atoms with van der Waals surface area (Å²) in [5.74, 6) is 0.723. The minimum absolute atomic E-state index is 0.405. The predicted molar refractivity (Wildman–Crippen MR) is 113 cm³/mol. The summed E-state index contributed by atoms with van der Waals surface area (Å²) >= 11 is 6.24. The minimum Gasteiger partial charge on any atom is -0.299 e. The molecule has 1 fully saturated rings. The summed E-state index contributed by atoms with van der Waals surface area (Å²) in [6, 6.07) is 20.2. The molecule has 0 bridgehead atoms. The molecular formula is C24H32ClN. The Hall–Kier alpha value is -1.31. The smallest absolute Gasteiger partial charge is 0.0336 e. The summed E-state index contributed by atoms with van der Waals surface area (Å²) in [6.07, 6.45) is 7.22. The monoisotopic (exact) mass is 369 g/mol. The maximum absolute atomic E-state index is 6.24. The average Bonchev–Trinajstić information content (AvgIpc) is 2.69. The predicted octanol–water partition coefficient (Wildman–Crippen LogP) is 6.41. The fraction of sp³-hybridized carbons (Fsp3) is 0.500. The van der Waals surface area contributed by atoms with Gasteiger partial charge in [0.15, 0.2) is 0 Å². The van der Waals surface area contributed by atoms with Crippen LogP contribution >= 0.6 is 11.6 Å². The van der Waals surface area contributed by atoms with Crippen molar-refractivity contribution in [3.63, 3.8) is 0 Å². The molecule has 0 heterocycles. The van der Waals surface area contributed by atoms with E-state index >= 15 is 0 Å². The highest BCUT2D eigenvalue weighted by molar-refractivity contribution is 6.20. The number of halogens is 1. The number of benzene rings is 2. The average molecular weight is 370 g/mol. The Morgan fingerprint density at radius 2 is 1.58 bits per heavy atom. The lowest BCUT2D eigenvalue weighted by atomic mass is 9.83. The van der Waals surface area contributed by atoms with Gasteiger partial charge in [-0.25, -0.2) is 0 Å². The topological polar surface area (TPSA) is 3.24 Å². The Labute approximate surface area is 164 Å². The van der Waals surface area contributed by atoms with E-state index in [1.54, 1.807) is 0 Å². The summed E-state index contributed by atoms with van der Waals surface area (Å²) < 4.78 is 0. The third kappa shape index (κ3) is 5.86. The third-order valence-corrected chi connectivity index (χ3v) is 6.18. The molecule has 0 atom stereocenters. The van der Waals surface area contributed by atoms with Gasteiger partial charge >= 0.3 is 0 Å². The highest BCUT2D eigenvalue weighted by atomic mass is 35.5. The number of nitrogens with zero attached hydrogens (tertiary/aromatic N) is 1. The summed E-state index contributed by atoms with van der Waals surface area (Å²) in [7, 11) is 0. The van der Waals surface area contributed by atoms with Crippen LogP contribution in [0.1, 0.15) is 61.6 Å². The van der Waals surface area contributed by atoms with Gasteiger partial charge in [0.05, 0.1) is 0 Å². The van der Waals surface area contributed by atoms with Gasteiger partial charge in [-0.3, -0.25) is 4.90 Å². The molecule has 0 aromatic heterocycles. The number of hydrogen-bond donors (Lipinski definition) is 0. The summed E-state index contributed by atoms with van der Waals surface area (Å²) in [5, 5.41) is 0.405. The molecule has 0 unspecified atom stereocenters. The standard InChI is InChI=1S/C24H32ClN/c1-2-26(19-21-7-4-3-5-8-21)18-6-9-20-10-12-22(13-11-20)23-14-16-24(25)17-15-23/h3-5,7-8,10-13,23-24H,2,6,9,14-19H2,1H3. The zero-order chi connectivity index (χ0) is 18.2. The molecule has 1 saturated carbocycles. The van der Waals surface area contributed by atoms with Gasteiger partial charge in [-0.05, 0) is 74.2 Å².